The van der Waals surface area contributed by atoms with Crippen LogP contribution in [0, 0.1) is 6.92 Å². The Labute approximate surface area is 112 Å². The molecule has 0 fully saturated rings. The van der Waals surface area contributed by atoms with Crippen LogP contribution in [0.4, 0.5) is 0 Å². The number of rotatable bonds is 5. The molecule has 0 bridgehead atoms. The van der Waals surface area contributed by atoms with Crippen LogP contribution >= 0.6 is 0 Å². The van der Waals surface area contributed by atoms with E-state index in [4.69, 9.17) is 0 Å². The summed E-state index contributed by atoms with van der Waals surface area (Å²) in [5.74, 6) is 1.07. The Morgan fingerprint density at radius 2 is 2.11 bits per heavy atom. The van der Waals surface area contributed by atoms with E-state index in [9.17, 15) is 0 Å². The van der Waals surface area contributed by atoms with E-state index >= 15 is 0 Å². The highest BCUT2D eigenvalue weighted by molar-refractivity contribution is 5.75. The molecule has 4 nitrogen and oxygen atoms in total. The Bertz CT molecular complexity index is 652. The van der Waals surface area contributed by atoms with E-state index in [0.717, 1.165) is 31.0 Å². The van der Waals surface area contributed by atoms with Gasteiger partial charge in [-0.05, 0) is 31.2 Å². The van der Waals surface area contributed by atoms with Crippen molar-refractivity contribution in [3.8, 4) is 0 Å². The molecule has 3 rings (SSSR count). The van der Waals surface area contributed by atoms with Gasteiger partial charge >= 0.3 is 0 Å². The van der Waals surface area contributed by atoms with Gasteiger partial charge in [0.25, 0.3) is 0 Å². The summed E-state index contributed by atoms with van der Waals surface area (Å²) < 4.78 is 2.26. The number of aromatic amines is 1. The predicted octanol–water partition coefficient (Wildman–Crippen LogP) is 2.46. The quantitative estimate of drug-likeness (QED) is 0.687. The summed E-state index contributed by atoms with van der Waals surface area (Å²) in [4.78, 5) is 7.76. The highest BCUT2D eigenvalue weighted by Crippen LogP contribution is 2.14. The van der Waals surface area contributed by atoms with Gasteiger partial charge in [-0.3, -0.25) is 0 Å². The highest BCUT2D eigenvalue weighted by atomic mass is 15.1. The molecule has 1 aromatic carbocycles. The lowest BCUT2D eigenvalue weighted by atomic mass is 10.3. The fourth-order valence-electron chi connectivity index (χ4n) is 2.37. The number of nitrogens with zero attached hydrogens (tertiary/aromatic N) is 2. The van der Waals surface area contributed by atoms with Crippen molar-refractivity contribution >= 4 is 11.0 Å². The van der Waals surface area contributed by atoms with Crippen LogP contribution in [0.25, 0.3) is 11.0 Å². The van der Waals surface area contributed by atoms with Crippen molar-refractivity contribution in [3.05, 3.63) is 54.1 Å². The third kappa shape index (κ3) is 2.53. The van der Waals surface area contributed by atoms with Crippen LogP contribution in [0.1, 0.15) is 11.5 Å². The van der Waals surface area contributed by atoms with Crippen molar-refractivity contribution in [3.63, 3.8) is 0 Å². The van der Waals surface area contributed by atoms with Crippen LogP contribution in [0.3, 0.4) is 0 Å². The lowest BCUT2D eigenvalue weighted by molar-refractivity contribution is 0.593. The van der Waals surface area contributed by atoms with E-state index in [1.165, 1.54) is 11.2 Å². The van der Waals surface area contributed by atoms with Gasteiger partial charge in [0, 0.05) is 31.5 Å². The number of hydrogen-bond acceptors (Lipinski definition) is 2. The molecule has 0 radical (unpaired) electrons. The largest absolute Gasteiger partial charge is 0.364 e. The van der Waals surface area contributed by atoms with Gasteiger partial charge in [0.05, 0.1) is 11.0 Å². The molecule has 98 valence electrons. The number of benzene rings is 1. The zero-order valence-corrected chi connectivity index (χ0v) is 11.1. The van der Waals surface area contributed by atoms with Gasteiger partial charge in [-0.15, -0.1) is 0 Å². The average Bonchev–Trinajstić information content (AvgIpc) is 3.02. The molecule has 0 aliphatic rings. The number of aryl methyl sites for hydroxylation is 1. The maximum absolute atomic E-state index is 4.57. The molecule has 0 saturated heterocycles. The molecule has 19 heavy (non-hydrogen) atoms. The number of aromatic nitrogens is 3. The molecule has 0 atom stereocenters. The van der Waals surface area contributed by atoms with E-state index in [2.05, 4.69) is 51.0 Å². The van der Waals surface area contributed by atoms with E-state index in [1.54, 1.807) is 0 Å². The normalized spacial score (nSPS) is 11.2. The minimum absolute atomic E-state index is 0.874. The van der Waals surface area contributed by atoms with Crippen LogP contribution in [0.2, 0.25) is 0 Å². The number of hydrogen-bond donors (Lipinski definition) is 2. The molecule has 0 amide bonds. The molecule has 2 N–H and O–H groups in total. The third-order valence-corrected chi connectivity index (χ3v) is 3.34. The van der Waals surface area contributed by atoms with Crippen LogP contribution < -0.4 is 5.32 Å². The number of para-hydroxylation sites is 2. The Balaban J connectivity index is 1.63. The second-order valence-corrected chi connectivity index (χ2v) is 4.67. The number of H-pyrrole nitrogens is 1. The van der Waals surface area contributed by atoms with Gasteiger partial charge in [-0.1, -0.05) is 12.1 Å². The van der Waals surface area contributed by atoms with Crippen molar-refractivity contribution in [2.45, 2.75) is 20.0 Å². The molecule has 0 unspecified atom stereocenters. The number of fused-ring (bicyclic) bond motifs is 1. The molecule has 2 aromatic heterocycles. The monoisotopic (exact) mass is 254 g/mol. The third-order valence-electron chi connectivity index (χ3n) is 3.34. The van der Waals surface area contributed by atoms with Gasteiger partial charge in [-0.2, -0.15) is 0 Å². The molecular weight excluding hydrogens is 236 g/mol. The Kier molecular flexibility index (Phi) is 3.33. The standard InChI is InChI=1S/C15H18N4/c1-12-18-14-6-2-3-7-15(14)19(12)10-9-16-11-13-5-4-8-17-13/h2-8,16-17H,9-11H2,1H3. The SMILES string of the molecule is Cc1nc2ccccc2n1CCNCc1ccc[nH]1. The van der Waals surface area contributed by atoms with Crippen molar-refractivity contribution in [1.82, 2.24) is 19.9 Å². The molecule has 0 spiro atoms. The first-order chi connectivity index (χ1) is 9.34. The fraction of sp³-hybridized carbons (Fsp3) is 0.267. The summed E-state index contributed by atoms with van der Waals surface area (Å²) in [5.41, 5.74) is 3.50. The Morgan fingerprint density at radius 1 is 1.21 bits per heavy atom. The number of imidazole rings is 1. The lowest BCUT2D eigenvalue weighted by Gasteiger charge is -2.07. The molecular formula is C15H18N4. The summed E-state index contributed by atoms with van der Waals surface area (Å²) in [5, 5.41) is 3.44. The van der Waals surface area contributed by atoms with Crippen molar-refractivity contribution in [1.29, 1.82) is 0 Å². The lowest BCUT2D eigenvalue weighted by Crippen LogP contribution is -2.20. The van der Waals surface area contributed by atoms with Gasteiger partial charge in [0.2, 0.25) is 0 Å². The Hall–Kier alpha value is -2.07. The van der Waals surface area contributed by atoms with E-state index in [0.29, 0.717) is 0 Å². The first-order valence-corrected chi connectivity index (χ1v) is 6.59. The highest BCUT2D eigenvalue weighted by Gasteiger charge is 2.05. The van der Waals surface area contributed by atoms with Crippen molar-refractivity contribution in [2.75, 3.05) is 6.54 Å². The summed E-state index contributed by atoms with van der Waals surface area (Å²) in [6, 6.07) is 12.4. The predicted molar refractivity (Wildman–Crippen MR) is 77.0 cm³/mol. The van der Waals surface area contributed by atoms with Gasteiger partial charge in [0.15, 0.2) is 0 Å². The molecule has 2 heterocycles. The first-order valence-electron chi connectivity index (χ1n) is 6.59. The number of nitrogens with one attached hydrogen (secondary N) is 2. The van der Waals surface area contributed by atoms with Crippen LogP contribution in [0.15, 0.2) is 42.6 Å². The van der Waals surface area contributed by atoms with Crippen LogP contribution in [-0.2, 0) is 13.1 Å². The van der Waals surface area contributed by atoms with Crippen LogP contribution in [0.5, 0.6) is 0 Å². The van der Waals surface area contributed by atoms with Crippen molar-refractivity contribution < 1.29 is 0 Å². The zero-order chi connectivity index (χ0) is 13.1. The smallest absolute Gasteiger partial charge is 0.106 e. The zero-order valence-electron chi connectivity index (χ0n) is 11.1. The minimum Gasteiger partial charge on any atom is -0.364 e. The molecule has 0 aliphatic heterocycles. The minimum atomic E-state index is 0.874. The molecule has 4 heteroatoms. The van der Waals surface area contributed by atoms with Gasteiger partial charge in [0.1, 0.15) is 5.82 Å². The average molecular weight is 254 g/mol. The summed E-state index contributed by atoms with van der Waals surface area (Å²) in [7, 11) is 0. The van der Waals surface area contributed by atoms with Crippen molar-refractivity contribution in [2.24, 2.45) is 0 Å². The maximum Gasteiger partial charge on any atom is 0.106 e. The topological polar surface area (TPSA) is 45.6 Å². The van der Waals surface area contributed by atoms with E-state index < -0.39 is 0 Å². The summed E-state index contributed by atoms with van der Waals surface area (Å²) >= 11 is 0. The van der Waals surface area contributed by atoms with E-state index in [-0.39, 0.29) is 0 Å². The van der Waals surface area contributed by atoms with Gasteiger partial charge in [-0.25, -0.2) is 4.98 Å². The fourth-order valence-corrected chi connectivity index (χ4v) is 2.37. The first kappa shape index (κ1) is 12.0. The Morgan fingerprint density at radius 3 is 2.95 bits per heavy atom. The molecule has 0 saturated carbocycles. The second-order valence-electron chi connectivity index (χ2n) is 4.67. The van der Waals surface area contributed by atoms with E-state index in [1.807, 2.05) is 18.3 Å². The summed E-state index contributed by atoms with van der Waals surface area (Å²) in [6.07, 6.45) is 1.95. The maximum atomic E-state index is 4.57. The van der Waals surface area contributed by atoms with Crippen LogP contribution in [-0.4, -0.2) is 21.1 Å². The molecule has 3 aromatic rings. The summed E-state index contributed by atoms with van der Waals surface area (Å²) in [6.45, 7) is 4.80. The second kappa shape index (κ2) is 5.28. The molecule has 0 aliphatic carbocycles. The van der Waals surface area contributed by atoms with Gasteiger partial charge < -0.3 is 14.9 Å².